The lowest BCUT2D eigenvalue weighted by Crippen LogP contribution is -2.07. The molecule has 4 N–H and O–H groups in total. The van der Waals surface area contributed by atoms with Gasteiger partial charge in [0, 0.05) is 28.9 Å². The summed E-state index contributed by atoms with van der Waals surface area (Å²) in [6.07, 6.45) is 0. The minimum atomic E-state index is -0.873. The average Bonchev–Trinajstić information content (AvgIpc) is 2.47. The van der Waals surface area contributed by atoms with E-state index in [1.54, 1.807) is 0 Å². The number of carbonyl (C=O) groups excluding carboxylic acids is 1. The summed E-state index contributed by atoms with van der Waals surface area (Å²) in [5, 5.41) is 21.9. The number of nitro groups is 2. The van der Waals surface area contributed by atoms with Gasteiger partial charge >= 0.3 is 0 Å². The quantitative estimate of drug-likeness (QED) is 0.378. The van der Waals surface area contributed by atoms with E-state index in [0.717, 1.165) is 12.1 Å². The van der Waals surface area contributed by atoms with Crippen LogP contribution in [0.1, 0.15) is 15.9 Å². The van der Waals surface area contributed by atoms with Crippen LogP contribution >= 0.6 is 0 Å². The third kappa shape index (κ3) is 2.68. The molecule has 0 heterocycles. The third-order valence-electron chi connectivity index (χ3n) is 2.96. The number of rotatable bonds is 4. The van der Waals surface area contributed by atoms with Crippen LogP contribution in [-0.4, -0.2) is 15.6 Å². The standard InChI is InChI=1S/C13H10N4O5/c14-9-3-1-7(2-4-9)13(18)8-5-10(16(19)20)12(15)11(6-8)17(21)22/h1-6H,14-15H2. The number of hydrogen-bond acceptors (Lipinski definition) is 7. The van der Waals surface area contributed by atoms with Crippen molar-refractivity contribution >= 4 is 28.5 Å². The second-order valence-corrected chi connectivity index (χ2v) is 4.39. The van der Waals surface area contributed by atoms with Crippen LogP contribution in [-0.2, 0) is 0 Å². The summed E-state index contributed by atoms with van der Waals surface area (Å²) in [4.78, 5) is 32.4. The highest BCUT2D eigenvalue weighted by molar-refractivity contribution is 6.10. The predicted octanol–water partition coefficient (Wildman–Crippen LogP) is 1.90. The lowest BCUT2D eigenvalue weighted by molar-refractivity contribution is -0.392. The summed E-state index contributed by atoms with van der Waals surface area (Å²) in [7, 11) is 0. The summed E-state index contributed by atoms with van der Waals surface area (Å²) < 4.78 is 0. The van der Waals surface area contributed by atoms with Gasteiger partial charge in [0.25, 0.3) is 11.4 Å². The van der Waals surface area contributed by atoms with Gasteiger partial charge in [-0.05, 0) is 24.3 Å². The number of carbonyl (C=O) groups is 1. The van der Waals surface area contributed by atoms with Gasteiger partial charge in [-0.3, -0.25) is 25.0 Å². The molecule has 2 aromatic carbocycles. The van der Waals surface area contributed by atoms with Crippen molar-refractivity contribution < 1.29 is 14.6 Å². The Hall–Kier alpha value is -3.49. The maximum Gasteiger partial charge on any atom is 0.299 e. The molecule has 0 saturated carbocycles. The molecule has 2 rings (SSSR count). The Balaban J connectivity index is 2.59. The number of hydrogen-bond donors (Lipinski definition) is 2. The molecule has 112 valence electrons. The number of ketones is 1. The van der Waals surface area contributed by atoms with Gasteiger partial charge in [-0.25, -0.2) is 0 Å². The highest BCUT2D eigenvalue weighted by Crippen LogP contribution is 2.33. The molecule has 0 aromatic heterocycles. The SMILES string of the molecule is Nc1ccc(C(=O)c2cc([N+](=O)[O-])c(N)c([N+](=O)[O-])c2)cc1. The Morgan fingerprint density at radius 1 is 0.864 bits per heavy atom. The first-order chi connectivity index (χ1) is 10.3. The topological polar surface area (TPSA) is 155 Å². The first kappa shape index (κ1) is 14.9. The Bertz CT molecular complexity index is 751. The number of nitrogens with two attached hydrogens (primary N) is 2. The van der Waals surface area contributed by atoms with Crippen LogP contribution in [0.3, 0.4) is 0 Å². The molecule has 0 fully saturated rings. The molecule has 9 heteroatoms. The molecule has 0 spiro atoms. The van der Waals surface area contributed by atoms with Crippen molar-refractivity contribution in [2.24, 2.45) is 0 Å². The monoisotopic (exact) mass is 302 g/mol. The molecule has 0 aliphatic heterocycles. The zero-order valence-corrected chi connectivity index (χ0v) is 11.1. The van der Waals surface area contributed by atoms with Gasteiger partial charge in [0.15, 0.2) is 11.5 Å². The van der Waals surface area contributed by atoms with E-state index in [0.29, 0.717) is 5.69 Å². The Morgan fingerprint density at radius 3 is 1.73 bits per heavy atom. The number of nitrogen functional groups attached to an aromatic ring is 2. The van der Waals surface area contributed by atoms with Crippen molar-refractivity contribution in [2.75, 3.05) is 11.5 Å². The third-order valence-corrected chi connectivity index (χ3v) is 2.96. The normalized spacial score (nSPS) is 10.2. The average molecular weight is 302 g/mol. The van der Waals surface area contributed by atoms with Crippen LogP contribution in [0.4, 0.5) is 22.7 Å². The number of nitrogens with zero attached hydrogens (tertiary/aromatic N) is 2. The Labute approximate surface area is 123 Å². The molecule has 0 atom stereocenters. The fraction of sp³-hybridized carbons (Fsp3) is 0. The van der Waals surface area contributed by atoms with E-state index in [1.165, 1.54) is 24.3 Å². The van der Waals surface area contributed by atoms with Gasteiger partial charge in [0.1, 0.15) is 0 Å². The molecule has 9 nitrogen and oxygen atoms in total. The second-order valence-electron chi connectivity index (χ2n) is 4.39. The fourth-order valence-corrected chi connectivity index (χ4v) is 1.86. The van der Waals surface area contributed by atoms with E-state index in [2.05, 4.69) is 0 Å². The van der Waals surface area contributed by atoms with Crippen LogP contribution in [0.25, 0.3) is 0 Å². The van der Waals surface area contributed by atoms with Crippen LogP contribution in [0.15, 0.2) is 36.4 Å². The van der Waals surface area contributed by atoms with Crippen LogP contribution in [0.2, 0.25) is 0 Å². The first-order valence-electron chi connectivity index (χ1n) is 5.94. The van der Waals surface area contributed by atoms with Gasteiger partial charge in [0.2, 0.25) is 0 Å². The van der Waals surface area contributed by atoms with E-state index in [4.69, 9.17) is 11.5 Å². The van der Waals surface area contributed by atoms with Crippen molar-refractivity contribution in [3.8, 4) is 0 Å². The van der Waals surface area contributed by atoms with E-state index in [1.807, 2.05) is 0 Å². The van der Waals surface area contributed by atoms with E-state index in [-0.39, 0.29) is 11.1 Å². The molecule has 0 radical (unpaired) electrons. The molecule has 0 saturated heterocycles. The minimum Gasteiger partial charge on any atom is -0.399 e. The maximum atomic E-state index is 12.3. The first-order valence-corrected chi connectivity index (χ1v) is 5.94. The molecule has 22 heavy (non-hydrogen) atoms. The van der Waals surface area contributed by atoms with E-state index < -0.39 is 32.7 Å². The number of anilines is 2. The summed E-state index contributed by atoms with van der Waals surface area (Å²) in [5.41, 5.74) is 9.38. The minimum absolute atomic E-state index is 0.197. The van der Waals surface area contributed by atoms with E-state index in [9.17, 15) is 25.0 Å². The maximum absolute atomic E-state index is 12.3. The van der Waals surface area contributed by atoms with Crippen molar-refractivity contribution in [1.29, 1.82) is 0 Å². The van der Waals surface area contributed by atoms with Gasteiger partial charge in [-0.15, -0.1) is 0 Å². The fourth-order valence-electron chi connectivity index (χ4n) is 1.86. The predicted molar refractivity (Wildman–Crippen MR) is 78.5 cm³/mol. The molecule has 0 amide bonds. The number of nitro benzene ring substituents is 2. The zero-order chi connectivity index (χ0) is 16.4. The van der Waals surface area contributed by atoms with Gasteiger partial charge in [-0.2, -0.15) is 0 Å². The molecule has 0 unspecified atom stereocenters. The Morgan fingerprint density at radius 2 is 1.32 bits per heavy atom. The molecule has 2 aromatic rings. The van der Waals surface area contributed by atoms with Gasteiger partial charge in [0.05, 0.1) is 9.85 Å². The van der Waals surface area contributed by atoms with Crippen LogP contribution in [0.5, 0.6) is 0 Å². The summed E-state index contributed by atoms with van der Waals surface area (Å²) >= 11 is 0. The summed E-state index contributed by atoms with van der Waals surface area (Å²) in [5.74, 6) is -0.605. The second kappa shape index (κ2) is 5.48. The number of benzene rings is 2. The lowest BCUT2D eigenvalue weighted by Gasteiger charge is -2.04. The largest absolute Gasteiger partial charge is 0.399 e. The highest BCUT2D eigenvalue weighted by atomic mass is 16.6. The van der Waals surface area contributed by atoms with Crippen molar-refractivity contribution in [3.63, 3.8) is 0 Å². The van der Waals surface area contributed by atoms with E-state index >= 15 is 0 Å². The molecule has 0 bridgehead atoms. The highest BCUT2D eigenvalue weighted by Gasteiger charge is 2.26. The molecule has 0 aliphatic rings. The van der Waals surface area contributed by atoms with Crippen molar-refractivity contribution in [3.05, 3.63) is 67.8 Å². The van der Waals surface area contributed by atoms with Crippen molar-refractivity contribution in [2.45, 2.75) is 0 Å². The van der Waals surface area contributed by atoms with Crippen molar-refractivity contribution in [1.82, 2.24) is 0 Å². The zero-order valence-electron chi connectivity index (χ0n) is 11.1. The molecular weight excluding hydrogens is 292 g/mol. The smallest absolute Gasteiger partial charge is 0.299 e. The molecule has 0 aliphatic carbocycles. The molecular formula is C13H10N4O5. The van der Waals surface area contributed by atoms with Crippen LogP contribution in [0, 0.1) is 20.2 Å². The Kier molecular flexibility index (Phi) is 3.71. The van der Waals surface area contributed by atoms with Gasteiger partial charge in [-0.1, -0.05) is 0 Å². The lowest BCUT2D eigenvalue weighted by atomic mass is 10.0. The summed E-state index contributed by atoms with van der Waals surface area (Å²) in [6, 6.07) is 7.64. The van der Waals surface area contributed by atoms with Gasteiger partial charge < -0.3 is 11.5 Å². The summed E-state index contributed by atoms with van der Waals surface area (Å²) in [6.45, 7) is 0. The van der Waals surface area contributed by atoms with Crippen LogP contribution < -0.4 is 11.5 Å².